The molecule has 1 heterocycles. The molecular weight excluding hydrogens is 328 g/mol. The zero-order chi connectivity index (χ0) is 17.1. The van der Waals surface area contributed by atoms with Crippen LogP contribution in [0.4, 0.5) is 11.4 Å². The highest BCUT2D eigenvalue weighted by Gasteiger charge is 2.11. The molecular formula is C17H13ClN4O2. The molecule has 7 heteroatoms. The maximum absolute atomic E-state index is 12.5. The number of aromatic amines is 1. The predicted octanol–water partition coefficient (Wildman–Crippen LogP) is 4.27. The van der Waals surface area contributed by atoms with Gasteiger partial charge in [0.2, 0.25) is 0 Å². The summed E-state index contributed by atoms with van der Waals surface area (Å²) in [5.41, 5.74) is 2.17. The van der Waals surface area contributed by atoms with Gasteiger partial charge in [-0.05, 0) is 54.9 Å². The minimum absolute atomic E-state index is 0.233. The van der Waals surface area contributed by atoms with Gasteiger partial charge in [0.15, 0.2) is 5.69 Å². The maximum atomic E-state index is 12.5. The average molecular weight is 341 g/mol. The lowest BCUT2D eigenvalue weighted by atomic mass is 10.2. The number of rotatable bonds is 4. The van der Waals surface area contributed by atoms with Crippen molar-refractivity contribution in [1.82, 2.24) is 9.78 Å². The van der Waals surface area contributed by atoms with Crippen LogP contribution in [0.25, 0.3) is 5.69 Å². The van der Waals surface area contributed by atoms with Crippen molar-refractivity contribution in [2.24, 2.45) is 10.2 Å². The van der Waals surface area contributed by atoms with Gasteiger partial charge in [-0.15, -0.1) is 5.11 Å². The number of hydrogen-bond acceptors (Lipinski definition) is 4. The largest absolute Gasteiger partial charge is 0.299 e. The van der Waals surface area contributed by atoms with Crippen LogP contribution in [0, 0.1) is 6.92 Å². The highest BCUT2D eigenvalue weighted by atomic mass is 35.5. The number of carbonyl (C=O) groups excluding carboxylic acids is 1. The van der Waals surface area contributed by atoms with E-state index in [2.05, 4.69) is 15.3 Å². The van der Waals surface area contributed by atoms with Crippen LogP contribution in [-0.2, 0) is 0 Å². The first kappa shape index (κ1) is 15.9. The lowest BCUT2D eigenvalue weighted by Gasteiger charge is -1.99. The Hall–Kier alpha value is -2.99. The number of benzene rings is 2. The van der Waals surface area contributed by atoms with E-state index in [9.17, 15) is 9.59 Å². The number of azo groups is 1. The molecule has 3 aromatic rings. The second kappa shape index (κ2) is 6.64. The first-order valence-corrected chi connectivity index (χ1v) is 7.53. The van der Waals surface area contributed by atoms with Crippen molar-refractivity contribution < 1.29 is 4.79 Å². The normalized spacial score (nSPS) is 11.1. The van der Waals surface area contributed by atoms with Crippen molar-refractivity contribution in [2.75, 3.05) is 0 Å². The summed E-state index contributed by atoms with van der Waals surface area (Å²) in [6, 6.07) is 15.5. The number of halogens is 1. The van der Waals surface area contributed by atoms with Gasteiger partial charge in [0.05, 0.1) is 17.1 Å². The number of aryl methyl sites for hydroxylation is 1. The first-order valence-electron chi connectivity index (χ1n) is 7.15. The summed E-state index contributed by atoms with van der Waals surface area (Å²) < 4.78 is 1.42. The smallest absolute Gasteiger partial charge is 0.293 e. The van der Waals surface area contributed by atoms with Crippen molar-refractivity contribution in [1.29, 1.82) is 0 Å². The minimum Gasteiger partial charge on any atom is -0.293 e. The predicted molar refractivity (Wildman–Crippen MR) is 91.9 cm³/mol. The SMILES string of the molecule is Cc1[nH]n(-c2ccccc2)c(=O)c1N=Nc1ccc(C(=O)Cl)cc1. The Morgan fingerprint density at radius 2 is 1.71 bits per heavy atom. The highest BCUT2D eigenvalue weighted by Crippen LogP contribution is 2.19. The molecule has 1 N–H and O–H groups in total. The molecule has 0 atom stereocenters. The Labute approximate surface area is 142 Å². The van der Waals surface area contributed by atoms with Gasteiger partial charge in [-0.2, -0.15) is 5.11 Å². The summed E-state index contributed by atoms with van der Waals surface area (Å²) in [6.45, 7) is 1.75. The second-order valence-corrected chi connectivity index (χ2v) is 5.43. The molecule has 0 saturated carbocycles. The van der Waals surface area contributed by atoms with Gasteiger partial charge < -0.3 is 0 Å². The van der Waals surface area contributed by atoms with E-state index in [1.807, 2.05) is 30.3 Å². The fourth-order valence-electron chi connectivity index (χ4n) is 2.18. The number of H-pyrrole nitrogens is 1. The van der Waals surface area contributed by atoms with Gasteiger partial charge >= 0.3 is 0 Å². The Kier molecular flexibility index (Phi) is 4.39. The zero-order valence-corrected chi connectivity index (χ0v) is 13.5. The maximum Gasteiger partial charge on any atom is 0.299 e. The van der Waals surface area contributed by atoms with Crippen LogP contribution in [0.15, 0.2) is 69.6 Å². The summed E-state index contributed by atoms with van der Waals surface area (Å²) in [5.74, 6) is 0. The van der Waals surface area contributed by atoms with E-state index >= 15 is 0 Å². The van der Waals surface area contributed by atoms with Crippen LogP contribution in [0.2, 0.25) is 0 Å². The van der Waals surface area contributed by atoms with E-state index in [1.165, 1.54) is 4.68 Å². The van der Waals surface area contributed by atoms with Crippen LogP contribution >= 0.6 is 11.6 Å². The van der Waals surface area contributed by atoms with Gasteiger partial charge in [-0.1, -0.05) is 18.2 Å². The molecule has 1 aromatic heterocycles. The number of para-hydroxylation sites is 1. The highest BCUT2D eigenvalue weighted by molar-refractivity contribution is 6.67. The number of nitrogens with one attached hydrogen (secondary N) is 1. The first-order chi connectivity index (χ1) is 11.6. The van der Waals surface area contributed by atoms with Gasteiger partial charge in [0, 0.05) is 5.56 Å². The topological polar surface area (TPSA) is 79.6 Å². The third-order valence-corrected chi connectivity index (χ3v) is 3.63. The monoisotopic (exact) mass is 340 g/mol. The Morgan fingerprint density at radius 1 is 1.04 bits per heavy atom. The lowest BCUT2D eigenvalue weighted by molar-refractivity contribution is 0.108. The number of hydrogen-bond donors (Lipinski definition) is 1. The summed E-state index contributed by atoms with van der Waals surface area (Å²) in [7, 11) is 0. The minimum atomic E-state index is -0.536. The van der Waals surface area contributed by atoms with Crippen molar-refractivity contribution in [3.63, 3.8) is 0 Å². The van der Waals surface area contributed by atoms with Gasteiger partial charge in [-0.3, -0.25) is 14.7 Å². The van der Waals surface area contributed by atoms with Crippen LogP contribution in [-0.4, -0.2) is 15.0 Å². The molecule has 0 aliphatic heterocycles. The van der Waals surface area contributed by atoms with Crippen LogP contribution in [0.5, 0.6) is 0 Å². The Balaban J connectivity index is 1.92. The van der Waals surface area contributed by atoms with Crippen LogP contribution < -0.4 is 5.56 Å². The molecule has 0 saturated heterocycles. The summed E-state index contributed by atoms with van der Waals surface area (Å²) in [6.07, 6.45) is 0. The van der Waals surface area contributed by atoms with E-state index in [1.54, 1.807) is 31.2 Å². The van der Waals surface area contributed by atoms with Gasteiger partial charge in [0.1, 0.15) is 0 Å². The molecule has 0 unspecified atom stereocenters. The lowest BCUT2D eigenvalue weighted by Crippen LogP contribution is -2.13. The van der Waals surface area contributed by atoms with E-state index in [0.29, 0.717) is 16.9 Å². The molecule has 3 rings (SSSR count). The quantitative estimate of drug-likeness (QED) is 0.568. The zero-order valence-electron chi connectivity index (χ0n) is 12.7. The number of aromatic nitrogens is 2. The molecule has 0 radical (unpaired) electrons. The third-order valence-electron chi connectivity index (χ3n) is 3.41. The fraction of sp³-hybridized carbons (Fsp3) is 0.0588. The van der Waals surface area contributed by atoms with E-state index in [-0.39, 0.29) is 11.2 Å². The summed E-state index contributed by atoms with van der Waals surface area (Å²) in [5, 5.41) is 10.5. The van der Waals surface area contributed by atoms with Crippen molar-refractivity contribution in [2.45, 2.75) is 6.92 Å². The molecule has 2 aromatic carbocycles. The average Bonchev–Trinajstić information content (AvgIpc) is 2.88. The molecule has 0 fully saturated rings. The van der Waals surface area contributed by atoms with E-state index < -0.39 is 5.24 Å². The molecule has 0 spiro atoms. The summed E-state index contributed by atoms with van der Waals surface area (Å²) >= 11 is 5.39. The standard InChI is InChI=1S/C17H13ClN4O2/c1-11-15(17(24)22(21-11)14-5-3-2-4-6-14)20-19-13-9-7-12(8-10-13)16(18)23/h2-10,21H,1H3. The molecule has 0 bridgehead atoms. The number of nitrogens with zero attached hydrogens (tertiary/aromatic N) is 3. The second-order valence-electron chi connectivity index (χ2n) is 5.08. The molecule has 6 nitrogen and oxygen atoms in total. The Morgan fingerprint density at radius 3 is 2.33 bits per heavy atom. The van der Waals surface area contributed by atoms with Gasteiger partial charge in [-0.25, -0.2) is 4.68 Å². The van der Waals surface area contributed by atoms with E-state index in [0.717, 1.165) is 5.69 Å². The van der Waals surface area contributed by atoms with Gasteiger partial charge in [0.25, 0.3) is 10.8 Å². The molecule has 0 amide bonds. The molecule has 0 aliphatic rings. The molecule has 120 valence electrons. The van der Waals surface area contributed by atoms with Crippen molar-refractivity contribution in [3.05, 3.63) is 76.2 Å². The van der Waals surface area contributed by atoms with Crippen LogP contribution in [0.3, 0.4) is 0 Å². The fourth-order valence-corrected chi connectivity index (χ4v) is 2.31. The van der Waals surface area contributed by atoms with Crippen molar-refractivity contribution in [3.8, 4) is 5.69 Å². The van der Waals surface area contributed by atoms with E-state index in [4.69, 9.17) is 11.6 Å². The Bertz CT molecular complexity index is 957. The molecule has 24 heavy (non-hydrogen) atoms. The van der Waals surface area contributed by atoms with Crippen LogP contribution in [0.1, 0.15) is 16.1 Å². The number of carbonyl (C=O) groups is 1. The summed E-state index contributed by atoms with van der Waals surface area (Å²) in [4.78, 5) is 23.5. The third kappa shape index (κ3) is 3.18. The van der Waals surface area contributed by atoms with Crippen molar-refractivity contribution >= 4 is 28.2 Å². The molecule has 0 aliphatic carbocycles.